The van der Waals surface area contributed by atoms with Gasteiger partial charge in [0.25, 0.3) is 5.56 Å². The zero-order valence-corrected chi connectivity index (χ0v) is 14.5. The lowest BCUT2D eigenvalue weighted by atomic mass is 10.1. The molecule has 1 amide bonds. The second-order valence-electron chi connectivity index (χ2n) is 5.44. The number of aromatic amines is 2. The predicted octanol–water partition coefficient (Wildman–Crippen LogP) is 2.89. The van der Waals surface area contributed by atoms with Crippen LogP contribution in [0, 0.1) is 11.7 Å². The Labute approximate surface area is 151 Å². The molecular formula is C16H16F3N3O3S. The second kappa shape index (κ2) is 8.17. The third-order valence-electron chi connectivity index (χ3n) is 3.53. The number of rotatable bonds is 6. The van der Waals surface area contributed by atoms with Gasteiger partial charge in [-0.2, -0.15) is 0 Å². The molecule has 0 bridgehead atoms. The van der Waals surface area contributed by atoms with E-state index in [-0.39, 0.29) is 41.0 Å². The zero-order chi connectivity index (χ0) is 19.3. The van der Waals surface area contributed by atoms with Crippen molar-refractivity contribution in [2.24, 2.45) is 0 Å². The molecule has 2 aromatic rings. The minimum Gasteiger partial charge on any atom is -0.405 e. The van der Waals surface area contributed by atoms with Crippen LogP contribution in [0.5, 0.6) is 5.75 Å². The number of alkyl halides is 3. The van der Waals surface area contributed by atoms with Gasteiger partial charge in [0.1, 0.15) is 5.75 Å². The number of H-pyrrole nitrogens is 2. The molecule has 0 aliphatic rings. The van der Waals surface area contributed by atoms with Crippen LogP contribution in [0.25, 0.3) is 0 Å². The molecule has 3 N–H and O–H groups in total. The number of hydrogen-bond donors (Lipinski definition) is 3. The molecule has 2 rings (SSSR count). The van der Waals surface area contributed by atoms with Crippen LogP contribution in [0.1, 0.15) is 23.2 Å². The van der Waals surface area contributed by atoms with E-state index in [2.05, 4.69) is 20.0 Å². The molecule has 1 aromatic heterocycles. The van der Waals surface area contributed by atoms with Gasteiger partial charge in [0, 0.05) is 29.8 Å². The summed E-state index contributed by atoms with van der Waals surface area (Å²) >= 11 is 4.85. The summed E-state index contributed by atoms with van der Waals surface area (Å²) in [5.41, 5.74) is 0.781. The molecule has 1 heterocycles. The van der Waals surface area contributed by atoms with E-state index in [9.17, 15) is 22.8 Å². The Morgan fingerprint density at radius 3 is 2.62 bits per heavy atom. The lowest BCUT2D eigenvalue weighted by Crippen LogP contribution is -2.26. The lowest BCUT2D eigenvalue weighted by Gasteiger charge is -2.13. The van der Waals surface area contributed by atoms with Gasteiger partial charge in [0.15, 0.2) is 4.77 Å². The standard InChI is InChI=1S/C16H16F3N3O3S/c1-9-11(14(24)22-15(26)21-9)6-7-13(23)20-8-10-4-2-3-5-12(10)25-16(17,18)19/h2-5H,6-8H2,1H3,(H,20,23)(H2,21,22,24,26). The van der Waals surface area contributed by atoms with Gasteiger partial charge in [-0.1, -0.05) is 18.2 Å². The summed E-state index contributed by atoms with van der Waals surface area (Å²) in [5.74, 6) is -0.781. The van der Waals surface area contributed by atoms with Crippen molar-refractivity contribution in [1.82, 2.24) is 15.3 Å². The van der Waals surface area contributed by atoms with Crippen molar-refractivity contribution in [3.05, 3.63) is 56.2 Å². The minimum atomic E-state index is -4.81. The van der Waals surface area contributed by atoms with Gasteiger partial charge in [-0.25, -0.2) is 0 Å². The van der Waals surface area contributed by atoms with Crippen LogP contribution in [-0.2, 0) is 17.8 Å². The largest absolute Gasteiger partial charge is 0.573 e. The average molecular weight is 387 g/mol. The van der Waals surface area contributed by atoms with Crippen molar-refractivity contribution < 1.29 is 22.7 Å². The first-order chi connectivity index (χ1) is 12.2. The van der Waals surface area contributed by atoms with Gasteiger partial charge >= 0.3 is 6.36 Å². The van der Waals surface area contributed by atoms with Crippen molar-refractivity contribution in [3.8, 4) is 5.75 Å². The van der Waals surface area contributed by atoms with Crippen molar-refractivity contribution in [2.45, 2.75) is 32.7 Å². The maximum atomic E-state index is 12.4. The van der Waals surface area contributed by atoms with E-state index in [1.807, 2.05) is 0 Å². The summed E-state index contributed by atoms with van der Waals surface area (Å²) in [6.07, 6.45) is -4.65. The first-order valence-corrected chi connectivity index (χ1v) is 7.99. The first-order valence-electron chi connectivity index (χ1n) is 7.58. The first kappa shape index (κ1) is 19.7. The average Bonchev–Trinajstić information content (AvgIpc) is 2.51. The zero-order valence-electron chi connectivity index (χ0n) is 13.7. The Morgan fingerprint density at radius 2 is 1.96 bits per heavy atom. The summed E-state index contributed by atoms with van der Waals surface area (Å²) in [7, 11) is 0. The van der Waals surface area contributed by atoms with Crippen molar-refractivity contribution in [2.75, 3.05) is 0 Å². The molecule has 0 unspecified atom stereocenters. The summed E-state index contributed by atoms with van der Waals surface area (Å²) in [6, 6.07) is 5.54. The van der Waals surface area contributed by atoms with Crippen LogP contribution in [0.3, 0.4) is 0 Å². The number of aryl methyl sites for hydroxylation is 1. The van der Waals surface area contributed by atoms with E-state index >= 15 is 0 Å². The van der Waals surface area contributed by atoms with Gasteiger partial charge in [0.2, 0.25) is 5.91 Å². The Kier molecular flexibility index (Phi) is 6.19. The number of ether oxygens (including phenoxy) is 1. The van der Waals surface area contributed by atoms with Crippen LogP contribution < -0.4 is 15.6 Å². The van der Waals surface area contributed by atoms with Crippen LogP contribution >= 0.6 is 12.2 Å². The normalized spacial score (nSPS) is 11.2. The van der Waals surface area contributed by atoms with E-state index in [1.54, 1.807) is 13.0 Å². The monoisotopic (exact) mass is 387 g/mol. The molecule has 0 aliphatic carbocycles. The fraction of sp³-hybridized carbons (Fsp3) is 0.312. The number of hydrogen-bond acceptors (Lipinski definition) is 4. The molecule has 0 aliphatic heterocycles. The second-order valence-corrected chi connectivity index (χ2v) is 5.85. The van der Waals surface area contributed by atoms with E-state index in [1.165, 1.54) is 18.2 Å². The number of carbonyl (C=O) groups excluding carboxylic acids is 1. The van der Waals surface area contributed by atoms with Crippen molar-refractivity contribution >= 4 is 18.1 Å². The van der Waals surface area contributed by atoms with Crippen LogP contribution in [0.2, 0.25) is 0 Å². The number of carbonyl (C=O) groups is 1. The van der Waals surface area contributed by atoms with Crippen LogP contribution in [0.15, 0.2) is 29.1 Å². The number of amides is 1. The molecule has 26 heavy (non-hydrogen) atoms. The van der Waals surface area contributed by atoms with Crippen LogP contribution in [-0.4, -0.2) is 22.2 Å². The molecule has 0 saturated carbocycles. The highest BCUT2D eigenvalue weighted by Crippen LogP contribution is 2.26. The highest BCUT2D eigenvalue weighted by Gasteiger charge is 2.31. The van der Waals surface area contributed by atoms with Gasteiger partial charge in [-0.15, -0.1) is 13.2 Å². The molecule has 10 heteroatoms. The Morgan fingerprint density at radius 1 is 1.27 bits per heavy atom. The fourth-order valence-corrected chi connectivity index (χ4v) is 2.57. The number of benzene rings is 1. The van der Waals surface area contributed by atoms with Crippen molar-refractivity contribution in [3.63, 3.8) is 0 Å². The minimum absolute atomic E-state index is 0.00314. The van der Waals surface area contributed by atoms with Gasteiger partial charge in [0.05, 0.1) is 0 Å². The summed E-state index contributed by atoms with van der Waals surface area (Å²) in [5, 5.41) is 2.52. The summed E-state index contributed by atoms with van der Waals surface area (Å²) < 4.78 is 41.3. The van der Waals surface area contributed by atoms with Crippen LogP contribution in [0.4, 0.5) is 13.2 Å². The lowest BCUT2D eigenvalue weighted by molar-refractivity contribution is -0.274. The molecule has 0 radical (unpaired) electrons. The highest BCUT2D eigenvalue weighted by atomic mass is 32.1. The molecule has 140 valence electrons. The Balaban J connectivity index is 1.96. The number of halogens is 3. The maximum absolute atomic E-state index is 12.4. The molecule has 6 nitrogen and oxygen atoms in total. The smallest absolute Gasteiger partial charge is 0.405 e. The maximum Gasteiger partial charge on any atom is 0.573 e. The van der Waals surface area contributed by atoms with E-state index in [0.717, 1.165) is 0 Å². The molecule has 1 aromatic carbocycles. The SMILES string of the molecule is Cc1[nH]c(=S)[nH]c(=O)c1CCC(=O)NCc1ccccc1OC(F)(F)F. The third kappa shape index (κ3) is 5.73. The van der Waals surface area contributed by atoms with Gasteiger partial charge in [-0.05, 0) is 31.6 Å². The molecule has 0 atom stereocenters. The molecule has 0 saturated heterocycles. The number of para-hydroxylation sites is 1. The fourth-order valence-electron chi connectivity index (χ4n) is 2.32. The van der Waals surface area contributed by atoms with Crippen molar-refractivity contribution in [1.29, 1.82) is 0 Å². The van der Waals surface area contributed by atoms with Gasteiger partial charge in [-0.3, -0.25) is 14.6 Å². The molecule has 0 fully saturated rings. The number of aromatic nitrogens is 2. The van der Waals surface area contributed by atoms with E-state index in [0.29, 0.717) is 11.3 Å². The predicted molar refractivity (Wildman–Crippen MR) is 90.3 cm³/mol. The Hall–Kier alpha value is -2.62. The third-order valence-corrected chi connectivity index (χ3v) is 3.74. The molecule has 0 spiro atoms. The summed E-state index contributed by atoms with van der Waals surface area (Å²) in [4.78, 5) is 29.0. The van der Waals surface area contributed by atoms with E-state index in [4.69, 9.17) is 12.2 Å². The topological polar surface area (TPSA) is 87.0 Å². The molecular weight excluding hydrogens is 371 g/mol. The summed E-state index contributed by atoms with van der Waals surface area (Å²) in [6.45, 7) is 1.54. The Bertz CT molecular complexity index is 906. The highest BCUT2D eigenvalue weighted by molar-refractivity contribution is 7.71. The quantitative estimate of drug-likeness (QED) is 0.665. The van der Waals surface area contributed by atoms with E-state index < -0.39 is 12.3 Å². The van der Waals surface area contributed by atoms with Gasteiger partial charge < -0.3 is 15.0 Å². The number of nitrogens with one attached hydrogen (secondary N) is 3.